The summed E-state index contributed by atoms with van der Waals surface area (Å²) in [6.07, 6.45) is 5.03. The fraction of sp³-hybridized carbons (Fsp3) is 0.0556. The summed E-state index contributed by atoms with van der Waals surface area (Å²) >= 11 is 0. The number of phenols is 1. The van der Waals surface area contributed by atoms with Gasteiger partial charge in [-0.15, -0.1) is 0 Å². The van der Waals surface area contributed by atoms with Gasteiger partial charge in [0.1, 0.15) is 11.5 Å². The molecule has 1 heterocycles. The number of hydrogen-bond donors (Lipinski definition) is 2. The van der Waals surface area contributed by atoms with Gasteiger partial charge in [-0.2, -0.15) is 0 Å². The number of H-pyrrole nitrogens is 1. The molecule has 0 spiro atoms. The normalized spacial score (nSPS) is 11.1. The highest BCUT2D eigenvalue weighted by atomic mass is 16.5. The maximum Gasteiger partial charge on any atom is 0.189 e. The number of hydrogen-bond acceptors (Lipinski definition) is 3. The molecule has 2 aromatic carbocycles. The van der Waals surface area contributed by atoms with E-state index in [1.54, 1.807) is 12.1 Å². The minimum absolute atomic E-state index is 0.0608. The van der Waals surface area contributed by atoms with Crippen LogP contribution in [0.4, 0.5) is 0 Å². The van der Waals surface area contributed by atoms with E-state index >= 15 is 0 Å². The summed E-state index contributed by atoms with van der Waals surface area (Å²) in [5.74, 6) is 0.192. The van der Waals surface area contributed by atoms with Gasteiger partial charge >= 0.3 is 0 Å². The summed E-state index contributed by atoms with van der Waals surface area (Å²) < 4.78 is 5.08. The Bertz CT molecular complexity index is 862. The van der Waals surface area contributed by atoms with Crippen LogP contribution in [0.5, 0.6) is 11.5 Å². The van der Waals surface area contributed by atoms with Crippen LogP contribution in [0.15, 0.2) is 54.7 Å². The van der Waals surface area contributed by atoms with E-state index in [1.807, 2.05) is 30.5 Å². The number of phenolic OH excluding ortho intramolecular Hbond substituents is 1. The SMILES string of the molecule is COc1ccc(O)c(C(=O)/C=C/c2c[nH]c3ccccc23)c1. The van der Waals surface area contributed by atoms with Gasteiger partial charge in [0.15, 0.2) is 5.78 Å². The third-order valence-electron chi connectivity index (χ3n) is 3.50. The van der Waals surface area contributed by atoms with Crippen LogP contribution >= 0.6 is 0 Å². The summed E-state index contributed by atoms with van der Waals surface area (Å²) in [5, 5.41) is 10.9. The van der Waals surface area contributed by atoms with E-state index in [2.05, 4.69) is 4.98 Å². The molecule has 3 aromatic rings. The molecule has 0 aliphatic heterocycles. The van der Waals surface area contributed by atoms with E-state index in [0.29, 0.717) is 5.75 Å². The van der Waals surface area contributed by atoms with Crippen LogP contribution in [0.2, 0.25) is 0 Å². The Morgan fingerprint density at radius 3 is 2.86 bits per heavy atom. The minimum atomic E-state index is -0.276. The van der Waals surface area contributed by atoms with Crippen molar-refractivity contribution >= 4 is 22.8 Å². The first-order valence-corrected chi connectivity index (χ1v) is 6.84. The lowest BCUT2D eigenvalue weighted by atomic mass is 10.1. The molecule has 110 valence electrons. The number of ketones is 1. The van der Waals surface area contributed by atoms with E-state index < -0.39 is 0 Å². The first-order chi connectivity index (χ1) is 10.7. The van der Waals surface area contributed by atoms with E-state index in [0.717, 1.165) is 16.5 Å². The van der Waals surface area contributed by atoms with Crippen molar-refractivity contribution in [3.05, 3.63) is 65.9 Å². The number of ether oxygens (including phenoxy) is 1. The Hall–Kier alpha value is -3.01. The van der Waals surface area contributed by atoms with Crippen molar-refractivity contribution in [1.29, 1.82) is 0 Å². The van der Waals surface area contributed by atoms with Gasteiger partial charge in [0, 0.05) is 17.1 Å². The molecular weight excluding hydrogens is 278 g/mol. The number of nitrogens with one attached hydrogen (secondary N) is 1. The molecule has 0 aliphatic rings. The second-order valence-electron chi connectivity index (χ2n) is 4.87. The quantitative estimate of drug-likeness (QED) is 0.568. The molecule has 0 saturated heterocycles. The third-order valence-corrected chi connectivity index (χ3v) is 3.50. The van der Waals surface area contributed by atoms with Crippen molar-refractivity contribution in [2.24, 2.45) is 0 Å². The zero-order chi connectivity index (χ0) is 15.5. The Labute approximate surface area is 127 Å². The van der Waals surface area contributed by atoms with Gasteiger partial charge in [0.25, 0.3) is 0 Å². The fourth-order valence-electron chi connectivity index (χ4n) is 2.33. The van der Waals surface area contributed by atoms with Gasteiger partial charge < -0.3 is 14.8 Å². The summed E-state index contributed by atoms with van der Waals surface area (Å²) in [6, 6.07) is 12.4. The maximum atomic E-state index is 12.3. The summed E-state index contributed by atoms with van der Waals surface area (Å²) in [4.78, 5) is 15.4. The average molecular weight is 293 g/mol. The number of allylic oxidation sites excluding steroid dienone is 1. The van der Waals surface area contributed by atoms with Gasteiger partial charge in [-0.1, -0.05) is 18.2 Å². The zero-order valence-electron chi connectivity index (χ0n) is 12.0. The molecule has 22 heavy (non-hydrogen) atoms. The number of carbonyl (C=O) groups is 1. The van der Waals surface area contributed by atoms with E-state index in [9.17, 15) is 9.90 Å². The number of aromatic nitrogens is 1. The van der Waals surface area contributed by atoms with Crippen LogP contribution in [0.25, 0.3) is 17.0 Å². The lowest BCUT2D eigenvalue weighted by molar-refractivity contribution is 0.104. The van der Waals surface area contributed by atoms with Crippen LogP contribution < -0.4 is 4.74 Å². The molecule has 4 heteroatoms. The fourth-order valence-corrected chi connectivity index (χ4v) is 2.33. The number of carbonyl (C=O) groups excluding carboxylic acids is 1. The summed E-state index contributed by atoms with van der Waals surface area (Å²) in [7, 11) is 1.52. The average Bonchev–Trinajstić information content (AvgIpc) is 2.96. The summed E-state index contributed by atoms with van der Waals surface area (Å²) in [5.41, 5.74) is 2.15. The highest BCUT2D eigenvalue weighted by Crippen LogP contribution is 2.24. The van der Waals surface area contributed by atoms with Crippen LogP contribution in [0.3, 0.4) is 0 Å². The van der Waals surface area contributed by atoms with Crippen molar-refractivity contribution in [2.75, 3.05) is 7.11 Å². The monoisotopic (exact) mass is 293 g/mol. The minimum Gasteiger partial charge on any atom is -0.507 e. The van der Waals surface area contributed by atoms with E-state index in [1.165, 1.54) is 25.3 Å². The lowest BCUT2D eigenvalue weighted by Gasteiger charge is -2.04. The van der Waals surface area contributed by atoms with E-state index in [-0.39, 0.29) is 17.1 Å². The molecule has 0 aliphatic carbocycles. The molecule has 2 N–H and O–H groups in total. The molecule has 0 bridgehead atoms. The number of aromatic hydroxyl groups is 1. The third kappa shape index (κ3) is 2.59. The van der Waals surface area contributed by atoms with Crippen molar-refractivity contribution < 1.29 is 14.6 Å². The van der Waals surface area contributed by atoms with Crippen molar-refractivity contribution in [3.63, 3.8) is 0 Å². The Balaban J connectivity index is 1.91. The second-order valence-corrected chi connectivity index (χ2v) is 4.87. The van der Waals surface area contributed by atoms with Gasteiger partial charge in [-0.25, -0.2) is 0 Å². The predicted octanol–water partition coefficient (Wildman–Crippen LogP) is 3.78. The molecule has 0 amide bonds. The van der Waals surface area contributed by atoms with Crippen molar-refractivity contribution in [3.8, 4) is 11.5 Å². The van der Waals surface area contributed by atoms with Gasteiger partial charge in [-0.3, -0.25) is 4.79 Å². The molecule has 0 saturated carbocycles. The largest absolute Gasteiger partial charge is 0.507 e. The van der Waals surface area contributed by atoms with Crippen LogP contribution in [-0.2, 0) is 0 Å². The predicted molar refractivity (Wildman–Crippen MR) is 86.3 cm³/mol. The molecule has 0 atom stereocenters. The zero-order valence-corrected chi connectivity index (χ0v) is 12.0. The molecule has 0 radical (unpaired) electrons. The number of rotatable bonds is 4. The topological polar surface area (TPSA) is 62.3 Å². The number of methoxy groups -OCH3 is 1. The first-order valence-electron chi connectivity index (χ1n) is 6.84. The Morgan fingerprint density at radius 1 is 1.23 bits per heavy atom. The van der Waals surface area contributed by atoms with Crippen molar-refractivity contribution in [2.45, 2.75) is 0 Å². The maximum absolute atomic E-state index is 12.3. The van der Waals surface area contributed by atoms with Gasteiger partial charge in [0.05, 0.1) is 12.7 Å². The number of benzene rings is 2. The summed E-state index contributed by atoms with van der Waals surface area (Å²) in [6.45, 7) is 0. The molecule has 1 aromatic heterocycles. The van der Waals surface area contributed by atoms with Crippen LogP contribution in [0.1, 0.15) is 15.9 Å². The molecule has 0 unspecified atom stereocenters. The molecule has 0 fully saturated rings. The molecular formula is C18H15NO3. The van der Waals surface area contributed by atoms with Crippen molar-refractivity contribution in [1.82, 2.24) is 4.98 Å². The van der Waals surface area contributed by atoms with E-state index in [4.69, 9.17) is 4.74 Å². The smallest absolute Gasteiger partial charge is 0.189 e. The number of fused-ring (bicyclic) bond motifs is 1. The van der Waals surface area contributed by atoms with Crippen LogP contribution in [0, 0.1) is 0 Å². The second kappa shape index (κ2) is 5.77. The Kier molecular flexibility index (Phi) is 3.66. The first kappa shape index (κ1) is 13.9. The van der Waals surface area contributed by atoms with Crippen LogP contribution in [-0.4, -0.2) is 23.0 Å². The van der Waals surface area contributed by atoms with Gasteiger partial charge in [0.2, 0.25) is 0 Å². The standard InChI is InChI=1S/C18H15NO3/c1-22-13-7-9-18(21)15(10-13)17(20)8-6-12-11-19-16-5-3-2-4-14(12)16/h2-11,19,21H,1H3/b8-6+. The van der Waals surface area contributed by atoms with Gasteiger partial charge in [-0.05, 0) is 42.0 Å². The lowest BCUT2D eigenvalue weighted by Crippen LogP contribution is -1.96. The highest BCUT2D eigenvalue weighted by molar-refractivity contribution is 6.09. The number of aromatic amines is 1. The molecule has 4 nitrogen and oxygen atoms in total. The highest BCUT2D eigenvalue weighted by Gasteiger charge is 2.10. The molecule has 3 rings (SSSR count). The number of para-hydroxylation sites is 1. The Morgan fingerprint density at radius 2 is 2.05 bits per heavy atom.